The minimum Gasteiger partial charge on any atom is -0.545 e. The lowest BCUT2D eigenvalue weighted by molar-refractivity contribution is 0.435. The van der Waals surface area contributed by atoms with Crippen molar-refractivity contribution in [2.45, 2.75) is 52.1 Å². The molecule has 0 atom stereocenters. The highest BCUT2D eigenvalue weighted by molar-refractivity contribution is 6.83. The van der Waals surface area contributed by atoms with Gasteiger partial charge in [-0.25, -0.2) is 0 Å². The van der Waals surface area contributed by atoms with Crippen molar-refractivity contribution in [3.05, 3.63) is 23.5 Å². The summed E-state index contributed by atoms with van der Waals surface area (Å²) in [5, 5.41) is 0. The summed E-state index contributed by atoms with van der Waals surface area (Å²) < 4.78 is 6.01. The molecule has 0 saturated heterocycles. The maximum absolute atomic E-state index is 6.01. The van der Waals surface area contributed by atoms with E-state index in [4.69, 9.17) is 4.43 Å². The lowest BCUT2D eigenvalue weighted by atomic mass is 10.1. The molecule has 1 rings (SSSR count). The Hall–Kier alpha value is -0.726. The second kappa shape index (κ2) is 5.28. The molecule has 1 aliphatic rings. The van der Waals surface area contributed by atoms with Gasteiger partial charge < -0.3 is 4.43 Å². The largest absolute Gasteiger partial charge is 0.545 e. The molecule has 94 valence electrons. The lowest BCUT2D eigenvalue weighted by Gasteiger charge is -2.22. The van der Waals surface area contributed by atoms with E-state index in [0.717, 1.165) is 18.6 Å². The molecule has 0 fully saturated rings. The summed E-state index contributed by atoms with van der Waals surface area (Å²) >= 11 is 0. The monoisotopic (exact) mass is 264 g/mol. The van der Waals surface area contributed by atoms with Gasteiger partial charge in [-0.05, 0) is 44.6 Å². The van der Waals surface area contributed by atoms with Crippen LogP contribution in [0.3, 0.4) is 0 Å². The van der Waals surface area contributed by atoms with Gasteiger partial charge in [0.2, 0.25) is 8.32 Å². The first-order valence-corrected chi connectivity index (χ1v) is 13.2. The van der Waals surface area contributed by atoms with Crippen LogP contribution in [0, 0.1) is 11.5 Å². The van der Waals surface area contributed by atoms with Gasteiger partial charge >= 0.3 is 0 Å². The predicted molar refractivity (Wildman–Crippen MR) is 81.0 cm³/mol. The van der Waals surface area contributed by atoms with Crippen molar-refractivity contribution in [3.63, 3.8) is 0 Å². The maximum atomic E-state index is 6.01. The maximum Gasteiger partial charge on any atom is 0.242 e. The minimum atomic E-state index is -1.49. The summed E-state index contributed by atoms with van der Waals surface area (Å²) in [7, 11) is -2.75. The SMILES string of the molecule is C[Si](C)(C)C#CC1=CC(O[Si](C)(C)C)=CCC1. The summed E-state index contributed by atoms with van der Waals surface area (Å²) in [5.41, 5.74) is 4.66. The molecule has 0 heterocycles. The molecule has 0 radical (unpaired) electrons. The summed E-state index contributed by atoms with van der Waals surface area (Å²) in [5.74, 6) is 4.38. The highest BCUT2D eigenvalue weighted by Gasteiger charge is 2.18. The molecule has 0 aliphatic heterocycles. The van der Waals surface area contributed by atoms with Gasteiger partial charge in [0, 0.05) is 5.57 Å². The van der Waals surface area contributed by atoms with Crippen molar-refractivity contribution in [1.29, 1.82) is 0 Å². The fourth-order valence-electron chi connectivity index (χ4n) is 1.46. The van der Waals surface area contributed by atoms with Gasteiger partial charge in [0.1, 0.15) is 8.07 Å². The van der Waals surface area contributed by atoms with Crippen molar-refractivity contribution in [3.8, 4) is 11.5 Å². The van der Waals surface area contributed by atoms with E-state index in [9.17, 15) is 0 Å². The quantitative estimate of drug-likeness (QED) is 0.533. The lowest BCUT2D eigenvalue weighted by Crippen LogP contribution is -2.24. The van der Waals surface area contributed by atoms with Crippen LogP contribution in [-0.2, 0) is 4.43 Å². The van der Waals surface area contributed by atoms with Crippen molar-refractivity contribution >= 4 is 16.4 Å². The van der Waals surface area contributed by atoms with Crippen molar-refractivity contribution in [1.82, 2.24) is 0 Å². The molecule has 0 amide bonds. The van der Waals surface area contributed by atoms with Gasteiger partial charge in [-0.15, -0.1) is 5.54 Å². The Bertz CT molecular complexity index is 395. The van der Waals surface area contributed by atoms with Crippen LogP contribution >= 0.6 is 0 Å². The molecule has 1 nitrogen and oxygen atoms in total. The molecule has 1 aliphatic carbocycles. The molecule has 0 N–H and O–H groups in total. The fourth-order valence-corrected chi connectivity index (χ4v) is 2.85. The van der Waals surface area contributed by atoms with Crippen LogP contribution < -0.4 is 0 Å². The molecular weight excluding hydrogens is 240 g/mol. The van der Waals surface area contributed by atoms with Crippen molar-refractivity contribution in [2.75, 3.05) is 0 Å². The number of hydrogen-bond acceptors (Lipinski definition) is 1. The van der Waals surface area contributed by atoms with E-state index < -0.39 is 16.4 Å². The Morgan fingerprint density at radius 2 is 1.76 bits per heavy atom. The molecule has 0 aromatic carbocycles. The Balaban J connectivity index is 2.76. The van der Waals surface area contributed by atoms with E-state index in [1.165, 1.54) is 5.57 Å². The zero-order valence-corrected chi connectivity index (χ0v) is 14.0. The van der Waals surface area contributed by atoms with Gasteiger partial charge in [-0.1, -0.05) is 25.6 Å². The Morgan fingerprint density at radius 3 is 2.29 bits per heavy atom. The first kappa shape index (κ1) is 14.3. The first-order valence-electron chi connectivity index (χ1n) is 6.29. The van der Waals surface area contributed by atoms with E-state index in [1.54, 1.807) is 0 Å². The topological polar surface area (TPSA) is 9.23 Å². The highest BCUT2D eigenvalue weighted by Crippen LogP contribution is 2.21. The van der Waals surface area contributed by atoms with Gasteiger partial charge in [0.05, 0.1) is 5.76 Å². The number of hydrogen-bond donors (Lipinski definition) is 0. The van der Waals surface area contributed by atoms with Gasteiger partial charge in [-0.3, -0.25) is 0 Å². The third kappa shape index (κ3) is 6.55. The van der Waals surface area contributed by atoms with Crippen LogP contribution in [0.5, 0.6) is 0 Å². The van der Waals surface area contributed by atoms with E-state index in [1.807, 2.05) is 0 Å². The molecule has 0 aromatic rings. The van der Waals surface area contributed by atoms with Crippen LogP contribution in [0.15, 0.2) is 23.5 Å². The van der Waals surface area contributed by atoms with Crippen molar-refractivity contribution in [2.24, 2.45) is 0 Å². The fraction of sp³-hybridized carbons (Fsp3) is 0.571. The van der Waals surface area contributed by atoms with Crippen LogP contribution in [0.25, 0.3) is 0 Å². The molecule has 0 unspecified atom stereocenters. The first-order chi connectivity index (χ1) is 7.66. The third-order valence-electron chi connectivity index (χ3n) is 2.10. The summed E-state index contributed by atoms with van der Waals surface area (Å²) in [6, 6.07) is 0. The van der Waals surface area contributed by atoms with Crippen LogP contribution in [0.1, 0.15) is 12.8 Å². The molecule has 0 aromatic heterocycles. The Kier molecular flexibility index (Phi) is 4.45. The highest BCUT2D eigenvalue weighted by atomic mass is 28.4. The molecular formula is C14H24OSi2. The predicted octanol–water partition coefficient (Wildman–Crippen LogP) is 4.32. The number of allylic oxidation sites excluding steroid dienone is 3. The molecule has 17 heavy (non-hydrogen) atoms. The smallest absolute Gasteiger partial charge is 0.242 e. The Labute approximate surface area is 108 Å². The average Bonchev–Trinajstić information content (AvgIpc) is 2.11. The van der Waals surface area contributed by atoms with Crippen molar-refractivity contribution < 1.29 is 4.43 Å². The second-order valence-electron chi connectivity index (χ2n) is 6.53. The summed E-state index contributed by atoms with van der Waals surface area (Å²) in [6.07, 6.45) is 6.45. The normalized spacial score (nSPS) is 16.6. The molecule has 0 saturated carbocycles. The van der Waals surface area contributed by atoms with Crippen LogP contribution in [0.2, 0.25) is 39.3 Å². The standard InChI is InChI=1S/C14H24OSi2/c1-16(2,3)11-10-13-8-7-9-14(12-13)15-17(4,5)6/h9,12H,7-8H2,1-6H3. The summed E-state index contributed by atoms with van der Waals surface area (Å²) in [6.45, 7) is 13.5. The van der Waals surface area contributed by atoms with E-state index in [-0.39, 0.29) is 0 Å². The van der Waals surface area contributed by atoms with Crippen LogP contribution in [-0.4, -0.2) is 16.4 Å². The molecule has 0 bridgehead atoms. The zero-order chi connectivity index (χ0) is 13.1. The van der Waals surface area contributed by atoms with Gasteiger partial charge in [-0.2, -0.15) is 0 Å². The van der Waals surface area contributed by atoms with Gasteiger partial charge in [0.15, 0.2) is 0 Å². The van der Waals surface area contributed by atoms with E-state index >= 15 is 0 Å². The second-order valence-corrected chi connectivity index (χ2v) is 15.7. The average molecular weight is 265 g/mol. The van der Waals surface area contributed by atoms with Gasteiger partial charge in [0.25, 0.3) is 0 Å². The number of rotatable bonds is 2. The third-order valence-corrected chi connectivity index (χ3v) is 3.82. The molecule has 0 spiro atoms. The Morgan fingerprint density at radius 1 is 1.12 bits per heavy atom. The minimum absolute atomic E-state index is 1.04. The summed E-state index contributed by atoms with van der Waals surface area (Å²) in [4.78, 5) is 0. The van der Waals surface area contributed by atoms with E-state index in [0.29, 0.717) is 0 Å². The zero-order valence-electron chi connectivity index (χ0n) is 12.0. The van der Waals surface area contributed by atoms with E-state index in [2.05, 4.69) is 62.9 Å². The van der Waals surface area contributed by atoms with Crippen LogP contribution in [0.4, 0.5) is 0 Å². The molecule has 3 heteroatoms.